The smallest absolute Gasteiger partial charge is 0.337 e. The summed E-state index contributed by atoms with van der Waals surface area (Å²) in [6.45, 7) is 7.00. The molecule has 1 aromatic heterocycles. The van der Waals surface area contributed by atoms with E-state index in [-0.39, 0.29) is 5.56 Å². The van der Waals surface area contributed by atoms with Crippen LogP contribution in [0.5, 0.6) is 0 Å². The van der Waals surface area contributed by atoms with E-state index in [2.05, 4.69) is 9.88 Å². The van der Waals surface area contributed by atoms with Crippen molar-refractivity contribution in [1.29, 1.82) is 0 Å². The Hall–Kier alpha value is -1.62. The van der Waals surface area contributed by atoms with E-state index in [0.29, 0.717) is 13.2 Å². The summed E-state index contributed by atoms with van der Waals surface area (Å²) in [5.41, 5.74) is 0.215. The van der Waals surface area contributed by atoms with Gasteiger partial charge in [0.1, 0.15) is 5.82 Å². The molecule has 1 aromatic rings. The standard InChI is InChI=1S/C10H12N2O3.C2H6/c13-10(14)8-1-2-9(11-7-8)12-3-5-15-6-4-12;1-2/h1-2,7H,3-6H2,(H,13,14);1-2H3. The second kappa shape index (κ2) is 6.85. The van der Waals surface area contributed by atoms with E-state index in [1.165, 1.54) is 6.20 Å². The fourth-order valence-corrected chi connectivity index (χ4v) is 1.49. The average molecular weight is 238 g/mol. The molecule has 0 unspecified atom stereocenters. The van der Waals surface area contributed by atoms with Crippen LogP contribution in [0.25, 0.3) is 0 Å². The van der Waals surface area contributed by atoms with Crippen LogP contribution < -0.4 is 4.90 Å². The molecule has 1 N–H and O–H groups in total. The summed E-state index contributed by atoms with van der Waals surface area (Å²) < 4.78 is 5.22. The number of morpholine rings is 1. The number of anilines is 1. The van der Waals surface area contributed by atoms with Gasteiger partial charge in [-0.15, -0.1) is 0 Å². The van der Waals surface area contributed by atoms with Crippen LogP contribution in [0.1, 0.15) is 24.2 Å². The van der Waals surface area contributed by atoms with Gasteiger partial charge in [-0.2, -0.15) is 0 Å². The lowest BCUT2D eigenvalue weighted by molar-refractivity contribution is 0.0696. The summed E-state index contributed by atoms with van der Waals surface area (Å²) in [5, 5.41) is 8.71. The number of aromatic nitrogens is 1. The fourth-order valence-electron chi connectivity index (χ4n) is 1.49. The minimum Gasteiger partial charge on any atom is -0.478 e. The van der Waals surface area contributed by atoms with Crippen LogP contribution in [-0.4, -0.2) is 42.4 Å². The Morgan fingerprint density at radius 1 is 1.35 bits per heavy atom. The summed E-state index contributed by atoms with van der Waals surface area (Å²) in [5.74, 6) is -0.140. The van der Waals surface area contributed by atoms with Gasteiger partial charge < -0.3 is 14.7 Å². The molecule has 0 amide bonds. The number of hydrogen-bond acceptors (Lipinski definition) is 4. The molecule has 1 saturated heterocycles. The monoisotopic (exact) mass is 238 g/mol. The van der Waals surface area contributed by atoms with Gasteiger partial charge in [0, 0.05) is 19.3 Å². The lowest BCUT2D eigenvalue weighted by atomic mass is 10.3. The normalized spacial score (nSPS) is 14.8. The highest BCUT2D eigenvalue weighted by atomic mass is 16.5. The van der Waals surface area contributed by atoms with Crippen molar-refractivity contribution in [3.63, 3.8) is 0 Å². The van der Waals surface area contributed by atoms with Crippen molar-refractivity contribution < 1.29 is 14.6 Å². The van der Waals surface area contributed by atoms with E-state index >= 15 is 0 Å². The number of carboxylic acids is 1. The lowest BCUT2D eigenvalue weighted by Crippen LogP contribution is -2.36. The largest absolute Gasteiger partial charge is 0.478 e. The second-order valence-electron chi connectivity index (χ2n) is 3.31. The topological polar surface area (TPSA) is 62.7 Å². The first-order chi connectivity index (χ1) is 8.27. The minimum absolute atomic E-state index is 0.215. The van der Waals surface area contributed by atoms with Gasteiger partial charge in [-0.05, 0) is 12.1 Å². The van der Waals surface area contributed by atoms with E-state index in [1.807, 2.05) is 13.8 Å². The zero-order valence-electron chi connectivity index (χ0n) is 10.2. The van der Waals surface area contributed by atoms with E-state index in [9.17, 15) is 4.79 Å². The maximum Gasteiger partial charge on any atom is 0.337 e. The van der Waals surface area contributed by atoms with Crippen LogP contribution in [0.3, 0.4) is 0 Å². The van der Waals surface area contributed by atoms with E-state index in [0.717, 1.165) is 18.9 Å². The van der Waals surface area contributed by atoms with E-state index in [1.54, 1.807) is 12.1 Å². The summed E-state index contributed by atoms with van der Waals surface area (Å²) in [7, 11) is 0. The van der Waals surface area contributed by atoms with Crippen LogP contribution in [0.15, 0.2) is 18.3 Å². The van der Waals surface area contributed by atoms with Gasteiger partial charge in [0.15, 0.2) is 0 Å². The molecule has 1 aliphatic heterocycles. The molecule has 1 fully saturated rings. The summed E-state index contributed by atoms with van der Waals surface area (Å²) >= 11 is 0. The van der Waals surface area contributed by atoms with Gasteiger partial charge in [-0.3, -0.25) is 0 Å². The number of nitrogens with zero attached hydrogens (tertiary/aromatic N) is 2. The van der Waals surface area contributed by atoms with Crippen molar-refractivity contribution in [2.45, 2.75) is 13.8 Å². The van der Waals surface area contributed by atoms with Gasteiger partial charge in [0.05, 0.1) is 18.8 Å². The Morgan fingerprint density at radius 2 is 2.00 bits per heavy atom. The second-order valence-corrected chi connectivity index (χ2v) is 3.31. The molecule has 5 heteroatoms. The van der Waals surface area contributed by atoms with Crippen LogP contribution >= 0.6 is 0 Å². The molecule has 0 atom stereocenters. The molecule has 5 nitrogen and oxygen atoms in total. The number of hydrogen-bond donors (Lipinski definition) is 1. The first kappa shape index (κ1) is 13.4. The molecule has 0 radical (unpaired) electrons. The third-order valence-corrected chi connectivity index (χ3v) is 2.33. The van der Waals surface area contributed by atoms with Crippen molar-refractivity contribution in [2.75, 3.05) is 31.2 Å². The molecule has 2 rings (SSSR count). The van der Waals surface area contributed by atoms with Crippen molar-refractivity contribution in [3.05, 3.63) is 23.9 Å². The highest BCUT2D eigenvalue weighted by molar-refractivity contribution is 5.87. The molecule has 0 aliphatic carbocycles. The Bertz CT molecular complexity index is 345. The van der Waals surface area contributed by atoms with Gasteiger partial charge in [-0.25, -0.2) is 9.78 Å². The SMILES string of the molecule is CC.O=C(O)c1ccc(N2CCOCC2)nc1. The molecule has 0 spiro atoms. The van der Waals surface area contributed by atoms with Crippen molar-refractivity contribution in [3.8, 4) is 0 Å². The third-order valence-electron chi connectivity index (χ3n) is 2.33. The number of carboxylic acid groups (broad SMARTS) is 1. The van der Waals surface area contributed by atoms with E-state index in [4.69, 9.17) is 9.84 Å². The fraction of sp³-hybridized carbons (Fsp3) is 0.500. The minimum atomic E-state index is -0.948. The summed E-state index contributed by atoms with van der Waals surface area (Å²) in [6, 6.07) is 3.30. The number of pyridine rings is 1. The molecule has 0 aromatic carbocycles. The van der Waals surface area contributed by atoms with Crippen molar-refractivity contribution in [1.82, 2.24) is 4.98 Å². The molecule has 94 valence electrons. The zero-order valence-corrected chi connectivity index (χ0v) is 10.2. The molecular weight excluding hydrogens is 220 g/mol. The molecule has 1 aliphatic rings. The Balaban J connectivity index is 0.000000686. The first-order valence-corrected chi connectivity index (χ1v) is 5.79. The third kappa shape index (κ3) is 3.71. The predicted octanol–water partition coefficient (Wildman–Crippen LogP) is 1.64. The van der Waals surface area contributed by atoms with Gasteiger partial charge in [0.25, 0.3) is 0 Å². The number of carbonyl (C=O) groups is 1. The first-order valence-electron chi connectivity index (χ1n) is 5.79. The van der Waals surface area contributed by atoms with Crippen molar-refractivity contribution in [2.24, 2.45) is 0 Å². The van der Waals surface area contributed by atoms with Crippen LogP contribution in [-0.2, 0) is 4.74 Å². The van der Waals surface area contributed by atoms with Crippen LogP contribution in [0, 0.1) is 0 Å². The molecule has 0 bridgehead atoms. The number of rotatable bonds is 2. The van der Waals surface area contributed by atoms with Crippen LogP contribution in [0.2, 0.25) is 0 Å². The maximum atomic E-state index is 10.6. The summed E-state index contributed by atoms with van der Waals surface area (Å²) in [6.07, 6.45) is 1.38. The molecular formula is C12H18N2O3. The van der Waals surface area contributed by atoms with Crippen LogP contribution in [0.4, 0.5) is 5.82 Å². The quantitative estimate of drug-likeness (QED) is 0.848. The Kier molecular flexibility index (Phi) is 5.42. The molecule has 2 heterocycles. The highest BCUT2D eigenvalue weighted by Crippen LogP contribution is 2.12. The molecule has 0 saturated carbocycles. The Morgan fingerprint density at radius 3 is 2.47 bits per heavy atom. The predicted molar refractivity (Wildman–Crippen MR) is 65.6 cm³/mol. The highest BCUT2D eigenvalue weighted by Gasteiger charge is 2.12. The molecule has 17 heavy (non-hydrogen) atoms. The Labute approximate surface area is 101 Å². The number of aromatic carboxylic acids is 1. The van der Waals surface area contributed by atoms with Gasteiger partial charge in [-0.1, -0.05) is 13.8 Å². The number of ether oxygens (including phenoxy) is 1. The maximum absolute atomic E-state index is 10.6. The lowest BCUT2D eigenvalue weighted by Gasteiger charge is -2.27. The van der Waals surface area contributed by atoms with E-state index < -0.39 is 5.97 Å². The van der Waals surface area contributed by atoms with Gasteiger partial charge >= 0.3 is 5.97 Å². The summed E-state index contributed by atoms with van der Waals surface area (Å²) in [4.78, 5) is 16.8. The zero-order chi connectivity index (χ0) is 12.7. The average Bonchev–Trinajstić information content (AvgIpc) is 2.42. The van der Waals surface area contributed by atoms with Crippen molar-refractivity contribution >= 4 is 11.8 Å². The van der Waals surface area contributed by atoms with Gasteiger partial charge in [0.2, 0.25) is 0 Å².